The second-order valence-corrected chi connectivity index (χ2v) is 6.00. The van der Waals surface area contributed by atoms with Crippen molar-refractivity contribution in [2.45, 2.75) is 12.5 Å². The summed E-state index contributed by atoms with van der Waals surface area (Å²) in [4.78, 5) is 0. The van der Waals surface area contributed by atoms with Crippen LogP contribution in [0.4, 0.5) is 0 Å². The average Bonchev–Trinajstić information content (AvgIpc) is 2.89. The lowest BCUT2D eigenvalue weighted by Crippen LogP contribution is -2.00. The van der Waals surface area contributed by atoms with Gasteiger partial charge in [-0.05, 0) is 29.8 Å². The fourth-order valence-electron chi connectivity index (χ4n) is 2.20. The van der Waals surface area contributed by atoms with Crippen molar-refractivity contribution in [3.05, 3.63) is 68.9 Å². The van der Waals surface area contributed by atoms with Crippen LogP contribution < -0.4 is 0 Å². The van der Waals surface area contributed by atoms with E-state index in [2.05, 4.69) is 0 Å². The topological polar surface area (TPSA) is 33.4 Å². The van der Waals surface area contributed by atoms with Crippen LogP contribution >= 0.6 is 34.8 Å². The molecule has 0 saturated carbocycles. The molecule has 1 atom stereocenters. The highest BCUT2D eigenvalue weighted by Gasteiger charge is 2.16. The van der Waals surface area contributed by atoms with Crippen molar-refractivity contribution in [1.29, 1.82) is 0 Å². The molecular weight excluding hydrogens is 331 g/mol. The number of halogens is 3. The molecular formula is C16H11Cl3O2. The number of benzene rings is 2. The highest BCUT2D eigenvalue weighted by Crippen LogP contribution is 2.31. The molecule has 0 aliphatic carbocycles. The normalized spacial score (nSPS) is 12.8. The summed E-state index contributed by atoms with van der Waals surface area (Å²) in [6.45, 7) is 0. The Hall–Kier alpha value is -1.19. The van der Waals surface area contributed by atoms with Crippen molar-refractivity contribution in [1.82, 2.24) is 0 Å². The number of hydrogen-bond acceptors (Lipinski definition) is 2. The lowest BCUT2D eigenvalue weighted by atomic mass is 10.1. The number of para-hydroxylation sites is 1. The van der Waals surface area contributed by atoms with Gasteiger partial charge in [-0.25, -0.2) is 0 Å². The van der Waals surface area contributed by atoms with Gasteiger partial charge < -0.3 is 9.52 Å². The van der Waals surface area contributed by atoms with Crippen LogP contribution in [0.25, 0.3) is 11.0 Å². The van der Waals surface area contributed by atoms with Crippen LogP contribution in [0.3, 0.4) is 0 Å². The Kier molecular flexibility index (Phi) is 4.14. The summed E-state index contributed by atoms with van der Waals surface area (Å²) in [7, 11) is 0. The number of furan rings is 1. The molecule has 1 heterocycles. The number of rotatable bonds is 3. The Morgan fingerprint density at radius 1 is 0.952 bits per heavy atom. The fraction of sp³-hybridized carbons (Fsp3) is 0.125. The third-order valence-corrected chi connectivity index (χ3v) is 4.29. The zero-order valence-corrected chi connectivity index (χ0v) is 13.1. The molecule has 5 heteroatoms. The van der Waals surface area contributed by atoms with Crippen molar-refractivity contribution < 1.29 is 9.52 Å². The maximum atomic E-state index is 10.3. The Morgan fingerprint density at radius 3 is 2.48 bits per heavy atom. The van der Waals surface area contributed by atoms with E-state index in [0.717, 1.165) is 10.9 Å². The number of fused-ring (bicyclic) bond motifs is 1. The van der Waals surface area contributed by atoms with Gasteiger partial charge in [-0.1, -0.05) is 53.0 Å². The second-order valence-electron chi connectivity index (χ2n) is 4.78. The smallest absolute Gasteiger partial charge is 0.152 e. The first kappa shape index (κ1) is 14.7. The molecule has 2 nitrogen and oxygen atoms in total. The van der Waals surface area contributed by atoms with Gasteiger partial charge in [0.15, 0.2) is 5.58 Å². The van der Waals surface area contributed by atoms with Crippen molar-refractivity contribution in [2.75, 3.05) is 0 Å². The van der Waals surface area contributed by atoms with Crippen LogP contribution in [0.1, 0.15) is 17.4 Å². The Labute approximate surface area is 136 Å². The molecule has 3 rings (SSSR count). The van der Waals surface area contributed by atoms with Crippen LogP contribution in [0.2, 0.25) is 15.1 Å². The third-order valence-electron chi connectivity index (χ3n) is 3.26. The minimum Gasteiger partial charge on any atom is -0.457 e. The standard InChI is InChI=1S/C16H11Cl3O2/c17-11-5-4-9(6-13(11)19)7-14(20)15-8-10-2-1-3-12(18)16(10)21-15/h1-6,8,14,20H,7H2. The minimum atomic E-state index is -0.772. The minimum absolute atomic E-state index is 0.383. The molecule has 0 saturated heterocycles. The molecule has 0 amide bonds. The maximum Gasteiger partial charge on any atom is 0.152 e. The quantitative estimate of drug-likeness (QED) is 0.666. The van der Waals surface area contributed by atoms with Gasteiger partial charge in [0.25, 0.3) is 0 Å². The van der Waals surface area contributed by atoms with E-state index in [9.17, 15) is 5.11 Å². The van der Waals surface area contributed by atoms with Crippen LogP contribution in [0.15, 0.2) is 46.9 Å². The number of aliphatic hydroxyl groups is 1. The molecule has 1 N–H and O–H groups in total. The SMILES string of the molecule is OC(Cc1ccc(Cl)c(Cl)c1)c1cc2cccc(Cl)c2o1. The maximum absolute atomic E-state index is 10.3. The lowest BCUT2D eigenvalue weighted by Gasteiger charge is -2.08. The summed E-state index contributed by atoms with van der Waals surface area (Å²) in [5.41, 5.74) is 1.46. The average molecular weight is 342 g/mol. The molecule has 0 aliphatic heterocycles. The predicted octanol–water partition coefficient (Wildman–Crippen LogP) is 5.67. The van der Waals surface area contributed by atoms with E-state index in [-0.39, 0.29) is 0 Å². The first-order chi connectivity index (χ1) is 10.0. The highest BCUT2D eigenvalue weighted by atomic mass is 35.5. The molecule has 0 radical (unpaired) electrons. The summed E-state index contributed by atoms with van der Waals surface area (Å²) in [6.07, 6.45) is -0.389. The largest absolute Gasteiger partial charge is 0.457 e. The fourth-order valence-corrected chi connectivity index (χ4v) is 2.74. The molecule has 0 fully saturated rings. The molecule has 0 bridgehead atoms. The molecule has 0 aliphatic rings. The van der Waals surface area contributed by atoms with E-state index in [0.29, 0.717) is 32.8 Å². The number of hydrogen-bond donors (Lipinski definition) is 1. The van der Waals surface area contributed by atoms with Gasteiger partial charge in [-0.2, -0.15) is 0 Å². The zero-order valence-electron chi connectivity index (χ0n) is 10.8. The van der Waals surface area contributed by atoms with Crippen molar-refractivity contribution in [3.8, 4) is 0 Å². The van der Waals surface area contributed by atoms with E-state index in [4.69, 9.17) is 39.2 Å². The van der Waals surface area contributed by atoms with Crippen molar-refractivity contribution in [3.63, 3.8) is 0 Å². The Bertz CT molecular complexity index is 795. The van der Waals surface area contributed by atoms with Gasteiger partial charge in [0.1, 0.15) is 11.9 Å². The zero-order chi connectivity index (χ0) is 15.0. The summed E-state index contributed by atoms with van der Waals surface area (Å²) >= 11 is 17.9. The van der Waals surface area contributed by atoms with E-state index in [1.807, 2.05) is 18.2 Å². The molecule has 108 valence electrons. The second kappa shape index (κ2) is 5.90. The predicted molar refractivity (Wildman–Crippen MR) is 86.3 cm³/mol. The van der Waals surface area contributed by atoms with Gasteiger partial charge in [-0.15, -0.1) is 0 Å². The molecule has 0 spiro atoms. The highest BCUT2D eigenvalue weighted by molar-refractivity contribution is 6.42. The lowest BCUT2D eigenvalue weighted by molar-refractivity contribution is 0.152. The van der Waals surface area contributed by atoms with Crippen LogP contribution in [-0.4, -0.2) is 5.11 Å². The first-order valence-corrected chi connectivity index (χ1v) is 7.48. The molecule has 1 unspecified atom stereocenters. The van der Waals surface area contributed by atoms with Crippen molar-refractivity contribution >= 4 is 45.8 Å². The van der Waals surface area contributed by atoms with Crippen molar-refractivity contribution in [2.24, 2.45) is 0 Å². The molecule has 2 aromatic carbocycles. The Balaban J connectivity index is 1.87. The van der Waals surface area contributed by atoms with Gasteiger partial charge >= 0.3 is 0 Å². The molecule has 21 heavy (non-hydrogen) atoms. The monoisotopic (exact) mass is 340 g/mol. The molecule has 3 aromatic rings. The van der Waals surface area contributed by atoms with Gasteiger partial charge in [0, 0.05) is 11.8 Å². The summed E-state index contributed by atoms with van der Waals surface area (Å²) < 4.78 is 5.65. The summed E-state index contributed by atoms with van der Waals surface area (Å²) in [5.74, 6) is 0.476. The summed E-state index contributed by atoms with van der Waals surface area (Å²) in [6, 6.07) is 12.6. The van der Waals surface area contributed by atoms with Gasteiger partial charge in [-0.3, -0.25) is 0 Å². The van der Waals surface area contributed by atoms with Gasteiger partial charge in [0.05, 0.1) is 15.1 Å². The van der Waals surface area contributed by atoms with Gasteiger partial charge in [0.2, 0.25) is 0 Å². The van der Waals surface area contributed by atoms with Crippen LogP contribution in [-0.2, 0) is 6.42 Å². The number of aliphatic hydroxyl groups excluding tert-OH is 1. The van der Waals surface area contributed by atoms with E-state index >= 15 is 0 Å². The third kappa shape index (κ3) is 3.04. The molecule has 1 aromatic heterocycles. The van der Waals surface area contributed by atoms with E-state index < -0.39 is 6.10 Å². The van der Waals surface area contributed by atoms with E-state index in [1.165, 1.54) is 0 Å². The van der Waals surface area contributed by atoms with E-state index in [1.54, 1.807) is 24.3 Å². The summed E-state index contributed by atoms with van der Waals surface area (Å²) in [5, 5.41) is 12.7. The first-order valence-electron chi connectivity index (χ1n) is 6.34. The van der Waals surface area contributed by atoms with Crippen LogP contribution in [0.5, 0.6) is 0 Å². The van der Waals surface area contributed by atoms with Crippen LogP contribution in [0, 0.1) is 0 Å². The Morgan fingerprint density at radius 2 is 1.76 bits per heavy atom.